The van der Waals surface area contributed by atoms with E-state index in [9.17, 15) is 13.2 Å². The Morgan fingerprint density at radius 2 is 1.16 bits per heavy atom. The molecule has 37 heavy (non-hydrogen) atoms. The van der Waals surface area contributed by atoms with Crippen LogP contribution < -0.4 is 18.9 Å². The third-order valence-corrected chi connectivity index (χ3v) is 5.39. The number of hydrogen-bond acceptors (Lipinski definition) is 4. The van der Waals surface area contributed by atoms with Gasteiger partial charge in [0.1, 0.15) is 29.6 Å². The molecule has 4 rings (SSSR count). The van der Waals surface area contributed by atoms with Gasteiger partial charge >= 0.3 is 6.36 Å². The van der Waals surface area contributed by atoms with Crippen molar-refractivity contribution in [3.8, 4) is 34.5 Å². The molecule has 0 saturated carbocycles. The highest BCUT2D eigenvalue weighted by atomic mass is 19.4. The lowest BCUT2D eigenvalue weighted by atomic mass is 9.87. The SMILES string of the molecule is CC(C)(C)c1ccc(Oc2cc(Oc3ccc(OC(F)(F)F)cc3)ccc2OCc2ccccc2)cc1. The molecule has 0 radical (unpaired) electrons. The third-order valence-electron chi connectivity index (χ3n) is 5.39. The minimum Gasteiger partial charge on any atom is -0.485 e. The first kappa shape index (κ1) is 25.9. The molecule has 0 unspecified atom stereocenters. The van der Waals surface area contributed by atoms with Crippen molar-refractivity contribution in [1.29, 1.82) is 0 Å². The first-order valence-electron chi connectivity index (χ1n) is 11.7. The smallest absolute Gasteiger partial charge is 0.485 e. The second-order valence-electron chi connectivity index (χ2n) is 9.38. The quantitative estimate of drug-likeness (QED) is 0.238. The average molecular weight is 509 g/mol. The van der Waals surface area contributed by atoms with Crippen LogP contribution in [0.4, 0.5) is 13.2 Å². The van der Waals surface area contributed by atoms with Gasteiger partial charge in [-0.05, 0) is 65.1 Å². The summed E-state index contributed by atoms with van der Waals surface area (Å²) in [6.07, 6.45) is -4.75. The normalized spacial score (nSPS) is 11.6. The van der Waals surface area contributed by atoms with E-state index in [1.54, 1.807) is 18.2 Å². The van der Waals surface area contributed by atoms with Gasteiger partial charge in [0.15, 0.2) is 11.5 Å². The Kier molecular flexibility index (Phi) is 7.62. The van der Waals surface area contributed by atoms with Gasteiger partial charge in [-0.3, -0.25) is 0 Å². The summed E-state index contributed by atoms with van der Waals surface area (Å²) < 4.78 is 59.2. The van der Waals surface area contributed by atoms with E-state index in [2.05, 4.69) is 25.5 Å². The lowest BCUT2D eigenvalue weighted by Crippen LogP contribution is -2.16. The Hall–Kier alpha value is -4.13. The number of rotatable bonds is 8. The van der Waals surface area contributed by atoms with E-state index in [1.807, 2.05) is 54.6 Å². The van der Waals surface area contributed by atoms with Crippen molar-refractivity contribution in [2.75, 3.05) is 0 Å². The zero-order valence-electron chi connectivity index (χ0n) is 20.7. The van der Waals surface area contributed by atoms with Crippen LogP contribution >= 0.6 is 0 Å². The summed E-state index contributed by atoms with van der Waals surface area (Å²) in [6, 6.07) is 27.9. The van der Waals surface area contributed by atoms with E-state index in [-0.39, 0.29) is 11.2 Å². The highest BCUT2D eigenvalue weighted by Crippen LogP contribution is 2.38. The summed E-state index contributed by atoms with van der Waals surface area (Å²) in [7, 11) is 0. The van der Waals surface area contributed by atoms with Gasteiger partial charge in [-0.1, -0.05) is 63.2 Å². The Balaban J connectivity index is 1.55. The van der Waals surface area contributed by atoms with E-state index in [1.165, 1.54) is 29.8 Å². The first-order chi connectivity index (χ1) is 17.5. The predicted octanol–water partition coefficient (Wildman–Crippen LogP) is 9.05. The lowest BCUT2D eigenvalue weighted by molar-refractivity contribution is -0.274. The molecule has 0 heterocycles. The molecule has 0 saturated heterocycles. The Labute approximate surface area is 214 Å². The fraction of sp³-hybridized carbons (Fsp3) is 0.200. The minimum absolute atomic E-state index is 0.0108. The van der Waals surface area contributed by atoms with Crippen molar-refractivity contribution in [1.82, 2.24) is 0 Å². The number of ether oxygens (including phenoxy) is 4. The van der Waals surface area contributed by atoms with Crippen LogP contribution in [0.3, 0.4) is 0 Å². The van der Waals surface area contributed by atoms with E-state index in [0.717, 1.165) is 5.56 Å². The van der Waals surface area contributed by atoms with Crippen LogP contribution in [0.15, 0.2) is 97.1 Å². The van der Waals surface area contributed by atoms with E-state index in [4.69, 9.17) is 14.2 Å². The van der Waals surface area contributed by atoms with Crippen molar-refractivity contribution in [2.24, 2.45) is 0 Å². The fourth-order valence-electron chi connectivity index (χ4n) is 3.48. The minimum atomic E-state index is -4.75. The van der Waals surface area contributed by atoms with Gasteiger partial charge in [-0.25, -0.2) is 0 Å². The Morgan fingerprint density at radius 1 is 0.595 bits per heavy atom. The fourth-order valence-corrected chi connectivity index (χ4v) is 3.48. The molecule has 0 N–H and O–H groups in total. The number of halogens is 3. The van der Waals surface area contributed by atoms with Gasteiger partial charge < -0.3 is 18.9 Å². The lowest BCUT2D eigenvalue weighted by Gasteiger charge is -2.19. The summed E-state index contributed by atoms with van der Waals surface area (Å²) in [5, 5.41) is 0. The van der Waals surface area contributed by atoms with Crippen molar-refractivity contribution in [3.05, 3.63) is 108 Å². The van der Waals surface area contributed by atoms with Crippen molar-refractivity contribution < 1.29 is 32.1 Å². The summed E-state index contributed by atoms with van der Waals surface area (Å²) in [5.74, 6) is 2.03. The number of benzene rings is 4. The summed E-state index contributed by atoms with van der Waals surface area (Å²) in [5.41, 5.74) is 2.19. The number of hydrogen-bond donors (Lipinski definition) is 0. The molecule has 4 aromatic carbocycles. The van der Waals surface area contributed by atoms with Crippen LogP contribution in [-0.4, -0.2) is 6.36 Å². The van der Waals surface area contributed by atoms with Crippen LogP contribution in [0.5, 0.6) is 34.5 Å². The molecule has 0 amide bonds. The Bertz CT molecular complexity index is 1290. The van der Waals surface area contributed by atoms with Crippen molar-refractivity contribution in [3.63, 3.8) is 0 Å². The summed E-state index contributed by atoms with van der Waals surface area (Å²) >= 11 is 0. The maximum atomic E-state index is 12.4. The van der Waals surface area contributed by atoms with Crippen LogP contribution in [0, 0.1) is 0 Å². The van der Waals surface area contributed by atoms with Crippen molar-refractivity contribution in [2.45, 2.75) is 39.2 Å². The zero-order chi connectivity index (χ0) is 26.5. The molecule has 7 heteroatoms. The second kappa shape index (κ2) is 10.9. The molecule has 4 nitrogen and oxygen atoms in total. The molecule has 0 spiro atoms. The van der Waals surface area contributed by atoms with E-state index in [0.29, 0.717) is 35.4 Å². The molecule has 0 atom stereocenters. The van der Waals surface area contributed by atoms with Crippen molar-refractivity contribution >= 4 is 0 Å². The molecule has 0 bridgehead atoms. The first-order valence-corrected chi connectivity index (χ1v) is 11.7. The van der Waals surface area contributed by atoms with E-state index >= 15 is 0 Å². The maximum Gasteiger partial charge on any atom is 0.573 e. The monoisotopic (exact) mass is 508 g/mol. The maximum absolute atomic E-state index is 12.4. The summed E-state index contributed by atoms with van der Waals surface area (Å²) in [4.78, 5) is 0. The van der Waals surface area contributed by atoms with Crippen LogP contribution in [-0.2, 0) is 12.0 Å². The van der Waals surface area contributed by atoms with E-state index < -0.39 is 6.36 Å². The largest absolute Gasteiger partial charge is 0.573 e. The molecular weight excluding hydrogens is 481 g/mol. The highest BCUT2D eigenvalue weighted by Gasteiger charge is 2.31. The standard InChI is InChI=1S/C30H27F3O4/c1-29(2,3)22-9-11-24(12-10-22)36-28-19-26(17-18-27(28)34-20-21-7-5-4-6-8-21)35-23-13-15-25(16-14-23)37-30(31,32)33/h4-19H,20H2,1-3H3. The predicted molar refractivity (Wildman–Crippen MR) is 136 cm³/mol. The van der Waals surface area contributed by atoms with Gasteiger partial charge in [-0.15, -0.1) is 13.2 Å². The second-order valence-corrected chi connectivity index (χ2v) is 9.38. The number of alkyl halides is 3. The molecule has 0 aliphatic carbocycles. The molecule has 0 fully saturated rings. The van der Waals surface area contributed by atoms with Gasteiger partial charge in [0.2, 0.25) is 0 Å². The molecular formula is C30H27F3O4. The van der Waals surface area contributed by atoms with Gasteiger partial charge in [0.05, 0.1) is 0 Å². The molecule has 0 aliphatic heterocycles. The highest BCUT2D eigenvalue weighted by molar-refractivity contribution is 5.49. The third kappa shape index (κ3) is 7.67. The van der Waals surface area contributed by atoms with Crippen LogP contribution in [0.25, 0.3) is 0 Å². The zero-order valence-corrected chi connectivity index (χ0v) is 20.7. The van der Waals surface area contributed by atoms with Gasteiger partial charge in [-0.2, -0.15) is 0 Å². The van der Waals surface area contributed by atoms with Crippen LogP contribution in [0.2, 0.25) is 0 Å². The molecule has 4 aromatic rings. The summed E-state index contributed by atoms with van der Waals surface area (Å²) in [6.45, 7) is 6.77. The average Bonchev–Trinajstić information content (AvgIpc) is 2.84. The molecule has 0 aromatic heterocycles. The van der Waals surface area contributed by atoms with Crippen LogP contribution in [0.1, 0.15) is 31.9 Å². The molecule has 0 aliphatic rings. The molecule has 192 valence electrons. The topological polar surface area (TPSA) is 36.9 Å². The Morgan fingerprint density at radius 3 is 1.78 bits per heavy atom. The van der Waals surface area contributed by atoms with Gasteiger partial charge in [0, 0.05) is 6.07 Å². The van der Waals surface area contributed by atoms with Gasteiger partial charge in [0.25, 0.3) is 0 Å².